The lowest BCUT2D eigenvalue weighted by Crippen LogP contribution is -2.13. The van der Waals surface area contributed by atoms with Crippen molar-refractivity contribution >= 4 is 16.6 Å². The molecule has 21 heavy (non-hydrogen) atoms. The number of rotatable bonds is 4. The standard InChI is InChI=1S/C20H26O/c1-12(2)19(21)11-18-14(5)15(6)20(13(3)4)17-10-8-7-9-16(17)18/h7-10,12-13H,11H2,1-6H3. The average Bonchev–Trinajstić information content (AvgIpc) is 2.43. The molecular weight excluding hydrogens is 256 g/mol. The quantitative estimate of drug-likeness (QED) is 0.739. The zero-order valence-corrected chi connectivity index (χ0v) is 14.1. The van der Waals surface area contributed by atoms with E-state index in [9.17, 15) is 4.79 Å². The van der Waals surface area contributed by atoms with Gasteiger partial charge >= 0.3 is 0 Å². The highest BCUT2D eigenvalue weighted by atomic mass is 16.1. The Morgan fingerprint density at radius 3 is 2.05 bits per heavy atom. The Morgan fingerprint density at radius 1 is 0.952 bits per heavy atom. The highest BCUT2D eigenvalue weighted by Crippen LogP contribution is 2.34. The highest BCUT2D eigenvalue weighted by molar-refractivity contribution is 5.95. The fourth-order valence-corrected chi connectivity index (χ4v) is 3.16. The van der Waals surface area contributed by atoms with Gasteiger partial charge < -0.3 is 0 Å². The second kappa shape index (κ2) is 6.01. The van der Waals surface area contributed by atoms with Crippen molar-refractivity contribution in [2.75, 3.05) is 0 Å². The predicted octanol–water partition coefficient (Wildman–Crippen LogP) is 5.35. The number of fused-ring (bicyclic) bond motifs is 1. The Morgan fingerprint density at radius 2 is 1.52 bits per heavy atom. The number of carbonyl (C=O) groups is 1. The lowest BCUT2D eigenvalue weighted by molar-refractivity contribution is -0.121. The summed E-state index contributed by atoms with van der Waals surface area (Å²) in [6, 6.07) is 8.53. The second-order valence-electron chi connectivity index (χ2n) is 6.64. The van der Waals surface area contributed by atoms with Crippen LogP contribution >= 0.6 is 0 Å². The second-order valence-corrected chi connectivity index (χ2v) is 6.64. The van der Waals surface area contributed by atoms with Crippen LogP contribution in [0.1, 0.15) is 55.9 Å². The number of ketones is 1. The summed E-state index contributed by atoms with van der Waals surface area (Å²) in [5, 5.41) is 2.56. The molecular formula is C20H26O. The normalized spacial score (nSPS) is 11.6. The molecule has 0 saturated carbocycles. The Balaban J connectivity index is 2.75. The highest BCUT2D eigenvalue weighted by Gasteiger charge is 2.18. The van der Waals surface area contributed by atoms with Crippen LogP contribution in [0.3, 0.4) is 0 Å². The molecule has 112 valence electrons. The Bertz CT molecular complexity index is 678. The summed E-state index contributed by atoms with van der Waals surface area (Å²) in [6.45, 7) is 12.8. The van der Waals surface area contributed by atoms with Crippen molar-refractivity contribution < 1.29 is 4.79 Å². The van der Waals surface area contributed by atoms with Gasteiger partial charge in [-0.3, -0.25) is 4.79 Å². The number of Topliss-reactive ketones (excluding diaryl/α,β-unsaturated/α-hetero) is 1. The summed E-state index contributed by atoms with van der Waals surface area (Å²) in [7, 11) is 0. The van der Waals surface area contributed by atoms with Crippen LogP contribution in [0, 0.1) is 19.8 Å². The fraction of sp³-hybridized carbons (Fsp3) is 0.450. The summed E-state index contributed by atoms with van der Waals surface area (Å²) in [6.07, 6.45) is 0.545. The molecule has 2 rings (SSSR count). The number of hydrogen-bond acceptors (Lipinski definition) is 1. The first-order valence-electron chi connectivity index (χ1n) is 7.88. The molecule has 0 aliphatic heterocycles. The van der Waals surface area contributed by atoms with Crippen molar-refractivity contribution in [2.24, 2.45) is 5.92 Å². The van der Waals surface area contributed by atoms with E-state index in [-0.39, 0.29) is 5.92 Å². The third-order valence-corrected chi connectivity index (χ3v) is 4.53. The molecule has 1 heteroatoms. The van der Waals surface area contributed by atoms with Gasteiger partial charge in [0.2, 0.25) is 0 Å². The van der Waals surface area contributed by atoms with Gasteiger partial charge in [0.25, 0.3) is 0 Å². The third-order valence-electron chi connectivity index (χ3n) is 4.53. The van der Waals surface area contributed by atoms with Crippen LogP contribution in [0.2, 0.25) is 0 Å². The minimum Gasteiger partial charge on any atom is -0.299 e. The Labute approximate surface area is 128 Å². The van der Waals surface area contributed by atoms with E-state index in [0.29, 0.717) is 18.1 Å². The van der Waals surface area contributed by atoms with Crippen molar-refractivity contribution in [3.8, 4) is 0 Å². The predicted molar refractivity (Wildman–Crippen MR) is 91.1 cm³/mol. The van der Waals surface area contributed by atoms with E-state index in [1.807, 2.05) is 13.8 Å². The molecule has 0 aromatic heterocycles. The minimum atomic E-state index is 0.0910. The van der Waals surface area contributed by atoms with Crippen LogP contribution in [0.4, 0.5) is 0 Å². The largest absolute Gasteiger partial charge is 0.299 e. The molecule has 2 aromatic carbocycles. The zero-order valence-electron chi connectivity index (χ0n) is 14.1. The first kappa shape index (κ1) is 15.8. The van der Waals surface area contributed by atoms with Crippen LogP contribution in [0.5, 0.6) is 0 Å². The van der Waals surface area contributed by atoms with Gasteiger partial charge in [0.05, 0.1) is 0 Å². The maximum atomic E-state index is 12.2. The van der Waals surface area contributed by atoms with Gasteiger partial charge in [-0.15, -0.1) is 0 Å². The molecule has 0 heterocycles. The van der Waals surface area contributed by atoms with Gasteiger partial charge in [-0.2, -0.15) is 0 Å². The summed E-state index contributed by atoms with van der Waals surface area (Å²) in [4.78, 5) is 12.2. The van der Waals surface area contributed by atoms with E-state index in [2.05, 4.69) is 52.0 Å². The van der Waals surface area contributed by atoms with E-state index in [1.165, 1.54) is 33.0 Å². The summed E-state index contributed by atoms with van der Waals surface area (Å²) in [5.41, 5.74) is 5.26. The Hall–Kier alpha value is -1.63. The lowest BCUT2D eigenvalue weighted by atomic mass is 9.83. The SMILES string of the molecule is Cc1c(C)c(C(C)C)c2ccccc2c1CC(=O)C(C)C. The van der Waals surface area contributed by atoms with Gasteiger partial charge in [-0.1, -0.05) is 52.0 Å². The summed E-state index contributed by atoms with van der Waals surface area (Å²) >= 11 is 0. The van der Waals surface area contributed by atoms with E-state index < -0.39 is 0 Å². The molecule has 0 aliphatic carbocycles. The maximum absolute atomic E-state index is 12.2. The molecule has 0 bridgehead atoms. The molecule has 0 unspecified atom stereocenters. The number of hydrogen-bond donors (Lipinski definition) is 0. The zero-order chi connectivity index (χ0) is 15.7. The van der Waals surface area contributed by atoms with Gasteiger partial charge in [-0.05, 0) is 52.8 Å². The molecule has 0 spiro atoms. The van der Waals surface area contributed by atoms with E-state index >= 15 is 0 Å². The van der Waals surface area contributed by atoms with Gasteiger partial charge in [0.15, 0.2) is 0 Å². The van der Waals surface area contributed by atoms with Crippen molar-refractivity contribution in [1.29, 1.82) is 0 Å². The molecule has 2 aromatic rings. The fourth-order valence-electron chi connectivity index (χ4n) is 3.16. The maximum Gasteiger partial charge on any atom is 0.139 e. The van der Waals surface area contributed by atoms with Crippen molar-refractivity contribution in [3.05, 3.63) is 46.5 Å². The minimum absolute atomic E-state index is 0.0910. The lowest BCUT2D eigenvalue weighted by Gasteiger charge is -2.21. The van der Waals surface area contributed by atoms with E-state index in [0.717, 1.165) is 0 Å². The van der Waals surface area contributed by atoms with Gasteiger partial charge in [0, 0.05) is 12.3 Å². The van der Waals surface area contributed by atoms with Crippen LogP contribution in [0.15, 0.2) is 24.3 Å². The molecule has 0 N–H and O–H groups in total. The summed E-state index contributed by atoms with van der Waals surface area (Å²) in [5.74, 6) is 0.900. The van der Waals surface area contributed by atoms with E-state index in [4.69, 9.17) is 0 Å². The molecule has 0 amide bonds. The number of carbonyl (C=O) groups excluding carboxylic acids is 1. The topological polar surface area (TPSA) is 17.1 Å². The molecule has 0 aliphatic rings. The van der Waals surface area contributed by atoms with Crippen LogP contribution < -0.4 is 0 Å². The van der Waals surface area contributed by atoms with Gasteiger partial charge in [0.1, 0.15) is 5.78 Å². The smallest absolute Gasteiger partial charge is 0.139 e. The molecule has 1 nitrogen and oxygen atoms in total. The monoisotopic (exact) mass is 282 g/mol. The van der Waals surface area contributed by atoms with Crippen molar-refractivity contribution in [1.82, 2.24) is 0 Å². The molecule has 0 fully saturated rings. The molecule has 0 radical (unpaired) electrons. The van der Waals surface area contributed by atoms with Gasteiger partial charge in [-0.25, -0.2) is 0 Å². The van der Waals surface area contributed by atoms with Crippen LogP contribution in [0.25, 0.3) is 10.8 Å². The first-order valence-corrected chi connectivity index (χ1v) is 7.88. The van der Waals surface area contributed by atoms with Crippen LogP contribution in [-0.2, 0) is 11.2 Å². The Kier molecular flexibility index (Phi) is 4.51. The first-order chi connectivity index (χ1) is 9.84. The number of benzene rings is 2. The van der Waals surface area contributed by atoms with E-state index in [1.54, 1.807) is 0 Å². The summed E-state index contributed by atoms with van der Waals surface area (Å²) < 4.78 is 0. The third kappa shape index (κ3) is 2.88. The molecule has 0 atom stereocenters. The van der Waals surface area contributed by atoms with Crippen molar-refractivity contribution in [3.63, 3.8) is 0 Å². The van der Waals surface area contributed by atoms with Crippen molar-refractivity contribution in [2.45, 2.75) is 53.9 Å². The molecule has 0 saturated heterocycles. The van der Waals surface area contributed by atoms with Crippen LogP contribution in [-0.4, -0.2) is 5.78 Å². The average molecular weight is 282 g/mol.